The second-order valence-corrected chi connectivity index (χ2v) is 6.37. The van der Waals surface area contributed by atoms with E-state index in [9.17, 15) is 4.79 Å². The maximum Gasteiger partial charge on any atom is 0.309 e. The summed E-state index contributed by atoms with van der Waals surface area (Å²) in [7, 11) is 0. The van der Waals surface area contributed by atoms with Crippen LogP contribution in [0.15, 0.2) is 0 Å². The monoisotopic (exact) mass is 290 g/mol. The Balaban J connectivity index is -0.000000963. The number of carbonyl (C=O) groups is 1. The maximum absolute atomic E-state index is 11.6. The Bertz CT molecular complexity index is 235. The zero-order valence-corrected chi connectivity index (χ0v) is 11.4. The number of aliphatic hydroxyl groups is 1. The zero-order chi connectivity index (χ0) is 12.9. The van der Waals surface area contributed by atoms with Gasteiger partial charge >= 0.3 is 5.97 Å². The summed E-state index contributed by atoms with van der Waals surface area (Å²) in [5, 5.41) is 8.61. The van der Waals surface area contributed by atoms with Crippen molar-refractivity contribution in [3.8, 4) is 0 Å². The van der Waals surface area contributed by atoms with Crippen LogP contribution in [-0.2, 0) is 9.53 Å². The van der Waals surface area contributed by atoms with Crippen LogP contribution in [0, 0.1) is 17.3 Å². The van der Waals surface area contributed by atoms with Crippen molar-refractivity contribution in [1.82, 2.24) is 0 Å². The van der Waals surface area contributed by atoms with E-state index in [1.54, 1.807) is 0 Å². The van der Waals surface area contributed by atoms with E-state index in [-0.39, 0.29) is 47.4 Å². The summed E-state index contributed by atoms with van der Waals surface area (Å²) >= 11 is 0. The summed E-state index contributed by atoms with van der Waals surface area (Å²) in [6.07, 6.45) is 5.41. The molecule has 0 heterocycles. The molecule has 3 heteroatoms. The highest BCUT2D eigenvalue weighted by molar-refractivity contribution is 5.72. The van der Waals surface area contributed by atoms with Gasteiger partial charge in [0.05, 0.1) is 12.5 Å². The number of carbonyl (C=O) groups excluding carboxylic acids is 1. The van der Waals surface area contributed by atoms with E-state index in [4.69, 9.17) is 9.84 Å². The Morgan fingerprint density at radius 2 is 1.60 bits per heavy atom. The van der Waals surface area contributed by atoms with Gasteiger partial charge in [-0.3, -0.25) is 4.79 Å². The molecule has 1 aliphatic carbocycles. The van der Waals surface area contributed by atoms with Crippen molar-refractivity contribution in [2.45, 2.75) is 75.2 Å². The Morgan fingerprint density at radius 3 is 2.00 bits per heavy atom. The highest BCUT2D eigenvalue weighted by Crippen LogP contribution is 2.36. The molecule has 1 saturated carbocycles. The predicted octanol–water partition coefficient (Wildman–Crippen LogP) is 4.67. The fourth-order valence-electron chi connectivity index (χ4n) is 2.73. The van der Waals surface area contributed by atoms with Gasteiger partial charge in [0.2, 0.25) is 0 Å². The fraction of sp³-hybridized carbons (Fsp3) is 0.941. The molecule has 0 unspecified atom stereocenters. The summed E-state index contributed by atoms with van der Waals surface area (Å²) in [6, 6.07) is 0. The number of rotatable bonds is 4. The highest BCUT2D eigenvalue weighted by Gasteiger charge is 2.29. The zero-order valence-electron chi connectivity index (χ0n) is 11.4. The Hall–Kier alpha value is -0.570. The molecule has 124 valence electrons. The molecule has 3 nitrogen and oxygen atoms in total. The lowest BCUT2D eigenvalue weighted by Gasteiger charge is -2.31. The third kappa shape index (κ3) is 9.35. The summed E-state index contributed by atoms with van der Waals surface area (Å²) in [5.74, 6) is 0.711. The number of esters is 1. The van der Waals surface area contributed by atoms with Gasteiger partial charge in [-0.15, -0.1) is 0 Å². The van der Waals surface area contributed by atoms with Crippen LogP contribution in [0.5, 0.6) is 0 Å². The molecule has 0 aliphatic heterocycles. The molecular weight excluding hydrogens is 252 g/mol. The minimum atomic E-state index is -0.117. The van der Waals surface area contributed by atoms with Crippen LogP contribution in [0.25, 0.3) is 0 Å². The molecule has 0 bridgehead atoms. The van der Waals surface area contributed by atoms with Crippen LogP contribution in [0.4, 0.5) is 0 Å². The average Bonchev–Trinajstić information content (AvgIpc) is 2.24. The normalized spacial score (nSPS) is 21.8. The fourth-order valence-corrected chi connectivity index (χ4v) is 2.73. The lowest BCUT2D eigenvalue weighted by atomic mass is 9.74. The largest absolute Gasteiger partial charge is 0.463 e. The minimum Gasteiger partial charge on any atom is -0.463 e. The Morgan fingerprint density at radius 1 is 1.10 bits per heavy atom. The molecule has 1 fully saturated rings. The predicted molar refractivity (Wildman–Crippen MR) is 87.8 cm³/mol. The first-order valence-corrected chi connectivity index (χ1v) is 6.70. The van der Waals surface area contributed by atoms with Gasteiger partial charge in [0.25, 0.3) is 0 Å². The SMILES string of the molecule is C.C.C.CC(C)(C)CC1CCC(C(=O)OCCO)CC1. The molecule has 0 radical (unpaired) electrons. The molecule has 0 saturated heterocycles. The van der Waals surface area contributed by atoms with E-state index in [1.165, 1.54) is 6.42 Å². The van der Waals surface area contributed by atoms with E-state index in [0.29, 0.717) is 5.41 Å². The smallest absolute Gasteiger partial charge is 0.309 e. The van der Waals surface area contributed by atoms with E-state index < -0.39 is 0 Å². The third-order valence-electron chi connectivity index (χ3n) is 3.42. The van der Waals surface area contributed by atoms with Gasteiger partial charge < -0.3 is 9.84 Å². The molecule has 0 amide bonds. The van der Waals surface area contributed by atoms with Crippen LogP contribution in [-0.4, -0.2) is 24.3 Å². The van der Waals surface area contributed by atoms with E-state index >= 15 is 0 Å². The van der Waals surface area contributed by atoms with Crippen LogP contribution in [0.3, 0.4) is 0 Å². The van der Waals surface area contributed by atoms with Gasteiger partial charge in [-0.2, -0.15) is 0 Å². The lowest BCUT2D eigenvalue weighted by molar-refractivity contribution is -0.151. The first-order valence-electron chi connectivity index (χ1n) is 6.70. The van der Waals surface area contributed by atoms with Crippen molar-refractivity contribution in [3.05, 3.63) is 0 Å². The first kappa shape index (κ1) is 24.4. The topological polar surface area (TPSA) is 46.5 Å². The van der Waals surface area contributed by atoms with Crippen molar-refractivity contribution < 1.29 is 14.6 Å². The van der Waals surface area contributed by atoms with Crippen LogP contribution in [0.2, 0.25) is 0 Å². The minimum absolute atomic E-state index is 0. The lowest BCUT2D eigenvalue weighted by Crippen LogP contribution is -2.26. The summed E-state index contributed by atoms with van der Waals surface area (Å²) in [5.41, 5.74) is 0.384. The van der Waals surface area contributed by atoms with Gasteiger partial charge in [-0.25, -0.2) is 0 Å². The van der Waals surface area contributed by atoms with E-state index in [0.717, 1.165) is 31.6 Å². The second kappa shape index (κ2) is 11.1. The highest BCUT2D eigenvalue weighted by atomic mass is 16.5. The quantitative estimate of drug-likeness (QED) is 0.765. The number of hydrogen-bond donors (Lipinski definition) is 1. The third-order valence-corrected chi connectivity index (χ3v) is 3.42. The van der Waals surface area contributed by atoms with Crippen molar-refractivity contribution in [3.63, 3.8) is 0 Å². The first-order chi connectivity index (χ1) is 7.92. The summed E-state index contributed by atoms with van der Waals surface area (Å²) in [4.78, 5) is 11.6. The number of aliphatic hydroxyl groups excluding tert-OH is 1. The number of hydrogen-bond acceptors (Lipinski definition) is 3. The van der Waals surface area contributed by atoms with Crippen LogP contribution >= 0.6 is 0 Å². The molecule has 0 atom stereocenters. The summed E-state index contributed by atoms with van der Waals surface area (Å²) in [6.45, 7) is 6.88. The molecule has 1 rings (SSSR count). The molecule has 0 aromatic carbocycles. The van der Waals surface area contributed by atoms with Gasteiger partial charge in [-0.1, -0.05) is 43.1 Å². The maximum atomic E-state index is 11.6. The number of ether oxygens (including phenoxy) is 1. The Kier molecular flexibility index (Phi) is 13.6. The molecule has 0 aromatic rings. The van der Waals surface area contributed by atoms with Gasteiger partial charge in [0.15, 0.2) is 0 Å². The standard InChI is InChI=1S/C14H26O3.3CH4/c1-14(2,3)10-11-4-6-12(7-5-11)13(16)17-9-8-15;;;/h11-12,15H,4-10H2,1-3H3;3*1H4. The Labute approximate surface area is 127 Å². The van der Waals surface area contributed by atoms with Gasteiger partial charge in [0.1, 0.15) is 6.61 Å². The molecular formula is C17H38O3. The molecule has 1 aliphatic rings. The molecule has 20 heavy (non-hydrogen) atoms. The van der Waals surface area contributed by atoms with Gasteiger partial charge in [0, 0.05) is 0 Å². The van der Waals surface area contributed by atoms with Crippen molar-refractivity contribution in [2.24, 2.45) is 17.3 Å². The van der Waals surface area contributed by atoms with Crippen molar-refractivity contribution in [2.75, 3.05) is 13.2 Å². The van der Waals surface area contributed by atoms with Gasteiger partial charge in [-0.05, 0) is 43.4 Å². The molecule has 1 N–H and O–H groups in total. The van der Waals surface area contributed by atoms with Crippen molar-refractivity contribution in [1.29, 1.82) is 0 Å². The van der Waals surface area contributed by atoms with E-state index in [2.05, 4.69) is 20.8 Å². The molecule has 0 aromatic heterocycles. The van der Waals surface area contributed by atoms with E-state index in [1.807, 2.05) is 0 Å². The summed E-state index contributed by atoms with van der Waals surface area (Å²) < 4.78 is 4.98. The van der Waals surface area contributed by atoms with Crippen molar-refractivity contribution >= 4 is 5.97 Å². The van der Waals surface area contributed by atoms with Crippen LogP contribution < -0.4 is 0 Å². The second-order valence-electron chi connectivity index (χ2n) is 6.37. The molecule has 0 spiro atoms. The van der Waals surface area contributed by atoms with Crippen LogP contribution in [0.1, 0.15) is 75.2 Å². The average molecular weight is 290 g/mol.